The fraction of sp³-hybridized carbons (Fsp3) is 0.296. The number of rotatable bonds is 8. The summed E-state index contributed by atoms with van der Waals surface area (Å²) in [5, 5.41) is 10.2. The standard InChI is InChI=1S/C27H29FN4O/c28-22-9-11-23(12-10-22)32-17-15-31(16-18-32)14-4-13-29-20-24-19-27(30-33-24)26-8-3-6-21-5-1-2-7-25(21)26/h1-3,5-12,19,29H,4,13-18,20H2. The van der Waals surface area contributed by atoms with Crippen LogP contribution in [0.15, 0.2) is 77.3 Å². The van der Waals surface area contributed by atoms with Gasteiger partial charge < -0.3 is 14.7 Å². The first kappa shape index (κ1) is 21.6. The maximum absolute atomic E-state index is 13.1. The van der Waals surface area contributed by atoms with Crippen molar-refractivity contribution in [2.45, 2.75) is 13.0 Å². The highest BCUT2D eigenvalue weighted by Crippen LogP contribution is 2.28. The molecule has 5 nitrogen and oxygen atoms in total. The molecule has 3 aromatic carbocycles. The number of hydrogen-bond donors (Lipinski definition) is 1. The Morgan fingerprint density at radius 2 is 1.70 bits per heavy atom. The summed E-state index contributed by atoms with van der Waals surface area (Å²) in [7, 11) is 0. The summed E-state index contributed by atoms with van der Waals surface area (Å²) in [4.78, 5) is 4.82. The van der Waals surface area contributed by atoms with Crippen LogP contribution in [-0.4, -0.2) is 49.3 Å². The Hall–Kier alpha value is -3.22. The number of anilines is 1. The molecule has 0 spiro atoms. The largest absolute Gasteiger partial charge is 0.369 e. The van der Waals surface area contributed by atoms with E-state index < -0.39 is 0 Å². The average molecular weight is 445 g/mol. The number of aromatic nitrogens is 1. The van der Waals surface area contributed by atoms with Gasteiger partial charge in [-0.1, -0.05) is 47.6 Å². The molecular formula is C27H29FN4O. The molecule has 0 atom stereocenters. The molecule has 0 saturated carbocycles. The van der Waals surface area contributed by atoms with Crippen molar-refractivity contribution in [3.8, 4) is 11.3 Å². The molecule has 6 heteroatoms. The Bertz CT molecular complexity index is 1180. The molecule has 0 unspecified atom stereocenters. The molecule has 2 heterocycles. The van der Waals surface area contributed by atoms with Gasteiger partial charge in [-0.2, -0.15) is 0 Å². The molecule has 0 amide bonds. The van der Waals surface area contributed by atoms with E-state index in [0.29, 0.717) is 6.54 Å². The van der Waals surface area contributed by atoms with Crippen molar-refractivity contribution in [1.29, 1.82) is 0 Å². The fourth-order valence-corrected chi connectivity index (χ4v) is 4.49. The van der Waals surface area contributed by atoms with Crippen molar-refractivity contribution >= 4 is 16.5 Å². The third kappa shape index (κ3) is 5.24. The molecule has 170 valence electrons. The summed E-state index contributed by atoms with van der Waals surface area (Å²) in [5.41, 5.74) is 3.08. The Kier molecular flexibility index (Phi) is 6.65. The lowest BCUT2D eigenvalue weighted by Crippen LogP contribution is -2.47. The second-order valence-electron chi connectivity index (χ2n) is 8.54. The van der Waals surface area contributed by atoms with Gasteiger partial charge in [-0.3, -0.25) is 4.90 Å². The topological polar surface area (TPSA) is 44.5 Å². The molecule has 1 aliphatic rings. The first-order valence-corrected chi connectivity index (χ1v) is 11.6. The van der Waals surface area contributed by atoms with Crippen LogP contribution >= 0.6 is 0 Å². The van der Waals surface area contributed by atoms with Gasteiger partial charge in [0.1, 0.15) is 11.5 Å². The van der Waals surface area contributed by atoms with Crippen LogP contribution in [0.2, 0.25) is 0 Å². The van der Waals surface area contributed by atoms with Crippen LogP contribution in [0.3, 0.4) is 0 Å². The van der Waals surface area contributed by atoms with E-state index in [0.717, 1.165) is 68.4 Å². The van der Waals surface area contributed by atoms with Crippen molar-refractivity contribution in [3.63, 3.8) is 0 Å². The van der Waals surface area contributed by atoms with Gasteiger partial charge in [-0.15, -0.1) is 0 Å². The van der Waals surface area contributed by atoms with Crippen LogP contribution in [0.1, 0.15) is 12.2 Å². The van der Waals surface area contributed by atoms with Crippen LogP contribution in [0.5, 0.6) is 0 Å². The fourth-order valence-electron chi connectivity index (χ4n) is 4.49. The van der Waals surface area contributed by atoms with Crippen LogP contribution in [0.25, 0.3) is 22.0 Å². The molecule has 4 aromatic rings. The maximum atomic E-state index is 13.1. The Labute approximate surface area is 193 Å². The number of halogens is 1. The first-order valence-electron chi connectivity index (χ1n) is 11.6. The monoisotopic (exact) mass is 444 g/mol. The van der Waals surface area contributed by atoms with Crippen molar-refractivity contribution in [2.24, 2.45) is 0 Å². The predicted octanol–water partition coefficient (Wildman–Crippen LogP) is 4.94. The van der Waals surface area contributed by atoms with Crippen LogP contribution in [0, 0.1) is 5.82 Å². The van der Waals surface area contributed by atoms with Gasteiger partial charge in [-0.05, 0) is 54.5 Å². The van der Waals surface area contributed by atoms with Gasteiger partial charge in [0.05, 0.1) is 6.54 Å². The zero-order chi connectivity index (χ0) is 22.5. The third-order valence-corrected chi connectivity index (χ3v) is 6.32. The summed E-state index contributed by atoms with van der Waals surface area (Å²) in [5.74, 6) is 0.672. The van der Waals surface area contributed by atoms with Crippen LogP contribution < -0.4 is 10.2 Å². The predicted molar refractivity (Wildman–Crippen MR) is 131 cm³/mol. The van der Waals surface area contributed by atoms with E-state index in [1.165, 1.54) is 22.9 Å². The SMILES string of the molecule is Fc1ccc(N2CCN(CCCNCc3cc(-c4cccc5ccccc45)no3)CC2)cc1. The lowest BCUT2D eigenvalue weighted by molar-refractivity contribution is 0.253. The van der Waals surface area contributed by atoms with E-state index in [1.807, 2.05) is 18.2 Å². The number of nitrogens with zero attached hydrogens (tertiary/aromatic N) is 3. The lowest BCUT2D eigenvalue weighted by Gasteiger charge is -2.36. The number of piperazine rings is 1. The summed E-state index contributed by atoms with van der Waals surface area (Å²) >= 11 is 0. The highest BCUT2D eigenvalue weighted by molar-refractivity contribution is 5.95. The molecule has 1 aliphatic heterocycles. The molecule has 1 N–H and O–H groups in total. The number of fused-ring (bicyclic) bond motifs is 1. The molecule has 0 radical (unpaired) electrons. The molecule has 1 aromatic heterocycles. The maximum Gasteiger partial charge on any atom is 0.151 e. The minimum atomic E-state index is -0.181. The zero-order valence-corrected chi connectivity index (χ0v) is 18.7. The molecule has 1 saturated heterocycles. The van der Waals surface area contributed by atoms with E-state index >= 15 is 0 Å². The second-order valence-corrected chi connectivity index (χ2v) is 8.54. The molecule has 33 heavy (non-hydrogen) atoms. The highest BCUT2D eigenvalue weighted by Gasteiger charge is 2.17. The highest BCUT2D eigenvalue weighted by atomic mass is 19.1. The molecule has 5 rings (SSSR count). The van der Waals surface area contributed by atoms with Gasteiger partial charge in [0.25, 0.3) is 0 Å². The van der Waals surface area contributed by atoms with Gasteiger partial charge >= 0.3 is 0 Å². The molecule has 0 bridgehead atoms. The van der Waals surface area contributed by atoms with Crippen LogP contribution in [0.4, 0.5) is 10.1 Å². The second kappa shape index (κ2) is 10.1. The van der Waals surface area contributed by atoms with E-state index in [2.05, 4.69) is 62.7 Å². The van der Waals surface area contributed by atoms with Gasteiger partial charge in [0, 0.05) is 43.5 Å². The number of nitrogens with one attached hydrogen (secondary N) is 1. The summed E-state index contributed by atoms with van der Waals surface area (Å²) in [6.45, 7) is 6.71. The summed E-state index contributed by atoms with van der Waals surface area (Å²) in [6, 6.07) is 23.4. The van der Waals surface area contributed by atoms with Crippen molar-refractivity contribution < 1.29 is 8.91 Å². The van der Waals surface area contributed by atoms with E-state index in [1.54, 1.807) is 0 Å². The van der Waals surface area contributed by atoms with Gasteiger partial charge in [-0.25, -0.2) is 4.39 Å². The van der Waals surface area contributed by atoms with Crippen molar-refractivity contribution in [2.75, 3.05) is 44.2 Å². The van der Waals surface area contributed by atoms with Crippen molar-refractivity contribution in [3.05, 3.63) is 84.4 Å². The van der Waals surface area contributed by atoms with Gasteiger partial charge in [0.2, 0.25) is 0 Å². The Morgan fingerprint density at radius 3 is 2.55 bits per heavy atom. The number of hydrogen-bond acceptors (Lipinski definition) is 5. The minimum Gasteiger partial charge on any atom is -0.369 e. The summed E-state index contributed by atoms with van der Waals surface area (Å²) < 4.78 is 18.7. The number of benzene rings is 3. The molecular weight excluding hydrogens is 415 g/mol. The van der Waals surface area contributed by atoms with Crippen LogP contribution in [-0.2, 0) is 6.54 Å². The van der Waals surface area contributed by atoms with Gasteiger partial charge in [0.15, 0.2) is 5.76 Å². The Morgan fingerprint density at radius 1 is 0.909 bits per heavy atom. The zero-order valence-electron chi connectivity index (χ0n) is 18.7. The van der Waals surface area contributed by atoms with E-state index in [-0.39, 0.29) is 5.82 Å². The summed E-state index contributed by atoms with van der Waals surface area (Å²) in [6.07, 6.45) is 1.08. The lowest BCUT2D eigenvalue weighted by atomic mass is 10.0. The first-order chi connectivity index (χ1) is 16.3. The molecule has 0 aliphatic carbocycles. The average Bonchev–Trinajstić information content (AvgIpc) is 3.33. The van der Waals surface area contributed by atoms with Crippen molar-refractivity contribution in [1.82, 2.24) is 15.4 Å². The normalized spacial score (nSPS) is 14.8. The smallest absolute Gasteiger partial charge is 0.151 e. The van der Waals surface area contributed by atoms with E-state index in [9.17, 15) is 4.39 Å². The minimum absolute atomic E-state index is 0.181. The quantitative estimate of drug-likeness (QED) is 0.390. The Balaban J connectivity index is 1.04. The third-order valence-electron chi connectivity index (χ3n) is 6.32. The van der Waals surface area contributed by atoms with E-state index in [4.69, 9.17) is 4.52 Å². The molecule has 1 fully saturated rings.